The van der Waals surface area contributed by atoms with E-state index in [1.54, 1.807) is 0 Å². The van der Waals surface area contributed by atoms with Crippen LogP contribution in [0.1, 0.15) is 32.8 Å². The number of hydrogen-bond donors (Lipinski definition) is 0. The molecular formula is C51H48N2OS. The molecule has 5 aromatic carbocycles. The molecule has 0 spiro atoms. The van der Waals surface area contributed by atoms with Crippen LogP contribution in [0, 0.1) is 0 Å². The van der Waals surface area contributed by atoms with Crippen molar-refractivity contribution in [3.05, 3.63) is 204 Å². The number of allylic oxidation sites excluding steroid dienone is 7. The number of fused-ring (bicyclic) bond motifs is 7. The summed E-state index contributed by atoms with van der Waals surface area (Å²) in [7, 11) is 0. The fourth-order valence-corrected chi connectivity index (χ4v) is 7.06. The van der Waals surface area contributed by atoms with Crippen LogP contribution in [0.5, 0.6) is 0 Å². The first-order valence-electron chi connectivity index (χ1n) is 18.8. The van der Waals surface area contributed by atoms with Gasteiger partial charge in [-0.1, -0.05) is 161 Å². The average Bonchev–Trinajstić information content (AvgIpc) is 3.75. The summed E-state index contributed by atoms with van der Waals surface area (Å²) in [6.45, 7) is 15.0. The van der Waals surface area contributed by atoms with E-state index in [1.807, 2.05) is 44.2 Å². The van der Waals surface area contributed by atoms with E-state index in [9.17, 15) is 0 Å². The SMILES string of the molecule is C=C1/C=C\C=C/N(C(/C=C\C=Cc2ccc(-c3ccccc3)cc2)CC)/C=c2\c(c3ccc4oc5ccccc5c4c3n2-c2ccccc2)=C/C1=C.CC.S. The molecule has 55 heavy (non-hydrogen) atoms. The van der Waals surface area contributed by atoms with Gasteiger partial charge >= 0.3 is 0 Å². The molecule has 0 radical (unpaired) electrons. The highest BCUT2D eigenvalue weighted by Crippen LogP contribution is 2.34. The van der Waals surface area contributed by atoms with Gasteiger partial charge < -0.3 is 13.9 Å². The Labute approximate surface area is 331 Å². The van der Waals surface area contributed by atoms with Gasteiger partial charge in [-0.25, -0.2) is 0 Å². The molecule has 0 fully saturated rings. The van der Waals surface area contributed by atoms with Crippen molar-refractivity contribution < 1.29 is 4.42 Å². The molecule has 0 saturated carbocycles. The van der Waals surface area contributed by atoms with Gasteiger partial charge in [-0.05, 0) is 76.7 Å². The molecule has 0 aliphatic carbocycles. The second-order valence-corrected chi connectivity index (χ2v) is 13.1. The van der Waals surface area contributed by atoms with Crippen molar-refractivity contribution in [2.24, 2.45) is 0 Å². The second-order valence-electron chi connectivity index (χ2n) is 13.1. The lowest BCUT2D eigenvalue weighted by Crippen LogP contribution is -2.34. The number of para-hydroxylation sites is 2. The van der Waals surface area contributed by atoms with Gasteiger partial charge in [-0.15, -0.1) is 0 Å². The van der Waals surface area contributed by atoms with Crippen LogP contribution in [0.15, 0.2) is 193 Å². The first-order valence-corrected chi connectivity index (χ1v) is 18.8. The van der Waals surface area contributed by atoms with Crippen LogP contribution < -0.4 is 10.6 Å². The molecule has 2 aromatic heterocycles. The largest absolute Gasteiger partial charge is 0.456 e. The zero-order valence-corrected chi connectivity index (χ0v) is 32.8. The molecule has 3 heterocycles. The topological polar surface area (TPSA) is 21.3 Å². The Morgan fingerprint density at radius 3 is 2.13 bits per heavy atom. The van der Waals surface area contributed by atoms with Crippen molar-refractivity contribution in [3.8, 4) is 16.8 Å². The van der Waals surface area contributed by atoms with Crippen molar-refractivity contribution in [3.63, 3.8) is 0 Å². The Balaban J connectivity index is 0.00000169. The third-order valence-corrected chi connectivity index (χ3v) is 9.78. The third kappa shape index (κ3) is 8.01. The lowest BCUT2D eigenvalue weighted by atomic mass is 10.0. The summed E-state index contributed by atoms with van der Waals surface area (Å²) in [5.74, 6) is 0. The number of nitrogens with zero attached hydrogens (tertiary/aromatic N) is 2. The molecule has 7 aromatic rings. The average molecular weight is 737 g/mol. The molecule has 0 N–H and O–H groups in total. The van der Waals surface area contributed by atoms with Gasteiger partial charge in [0.25, 0.3) is 0 Å². The van der Waals surface area contributed by atoms with Crippen molar-refractivity contribution in [2.75, 3.05) is 0 Å². The predicted octanol–water partition coefficient (Wildman–Crippen LogP) is 12.4. The molecule has 1 aliphatic rings. The smallest absolute Gasteiger partial charge is 0.137 e. The zero-order valence-electron chi connectivity index (χ0n) is 31.8. The molecule has 0 saturated heterocycles. The standard InChI is InChI=1S/C49H40N2O.C2H6.H2S/c1-4-40(21-12-11-18-37-26-28-39(29-27-37)38-19-7-5-8-20-38)50-32-16-15-17-35(2)36(3)33-44-42-30-31-47-48(43-24-13-14-25-46(43)52-47)49(42)51(45(44)34-50)41-22-9-6-10-23-41;1-2;/h5-34,40H,2-4H2,1H3;1-2H3;1H2/b17-15-,18-11?,21-12-,32-16-,44-33-,45-34+;;. The Hall–Kier alpha value is -6.23. The lowest BCUT2D eigenvalue weighted by molar-refractivity contribution is 0.447. The third-order valence-electron chi connectivity index (χ3n) is 9.78. The summed E-state index contributed by atoms with van der Waals surface area (Å²) in [6, 6.07) is 42.4. The Bertz CT molecular complexity index is 2690. The molecule has 8 rings (SSSR count). The van der Waals surface area contributed by atoms with E-state index in [0.29, 0.717) is 0 Å². The monoisotopic (exact) mass is 736 g/mol. The van der Waals surface area contributed by atoms with E-state index in [1.165, 1.54) is 11.1 Å². The van der Waals surface area contributed by atoms with E-state index in [2.05, 4.69) is 182 Å². The minimum atomic E-state index is 0. The highest BCUT2D eigenvalue weighted by atomic mass is 32.1. The Morgan fingerprint density at radius 2 is 1.38 bits per heavy atom. The van der Waals surface area contributed by atoms with Crippen molar-refractivity contribution in [2.45, 2.75) is 33.2 Å². The van der Waals surface area contributed by atoms with Gasteiger partial charge in [0, 0.05) is 34.1 Å². The fraction of sp³-hybridized carbons (Fsp3) is 0.0980. The van der Waals surface area contributed by atoms with Crippen LogP contribution in [-0.4, -0.2) is 15.5 Å². The summed E-state index contributed by atoms with van der Waals surface area (Å²) in [4.78, 5) is 2.32. The summed E-state index contributed by atoms with van der Waals surface area (Å²) in [5, 5.41) is 5.46. The maximum Gasteiger partial charge on any atom is 0.137 e. The van der Waals surface area contributed by atoms with Gasteiger partial charge in [0.1, 0.15) is 11.2 Å². The van der Waals surface area contributed by atoms with Crippen LogP contribution in [-0.2, 0) is 0 Å². The summed E-state index contributed by atoms with van der Waals surface area (Å²) in [6.07, 6.45) is 22.4. The van der Waals surface area contributed by atoms with Crippen molar-refractivity contribution >= 4 is 64.7 Å². The van der Waals surface area contributed by atoms with E-state index >= 15 is 0 Å². The van der Waals surface area contributed by atoms with Gasteiger partial charge in [0.2, 0.25) is 0 Å². The summed E-state index contributed by atoms with van der Waals surface area (Å²) in [5.41, 5.74) is 9.25. The number of hydrogen-bond acceptors (Lipinski definition) is 2. The van der Waals surface area contributed by atoms with Gasteiger partial charge in [0.15, 0.2) is 0 Å². The molecule has 0 bridgehead atoms. The first-order chi connectivity index (χ1) is 26.6. The molecule has 1 aliphatic heterocycles. The normalized spacial score (nSPS) is 16.0. The quantitative estimate of drug-likeness (QED) is 0.152. The van der Waals surface area contributed by atoms with Gasteiger partial charge in [-0.3, -0.25) is 0 Å². The van der Waals surface area contributed by atoms with Gasteiger partial charge in [0.05, 0.1) is 22.3 Å². The lowest BCUT2D eigenvalue weighted by Gasteiger charge is -2.24. The Morgan fingerprint density at radius 1 is 0.691 bits per heavy atom. The van der Waals surface area contributed by atoms with E-state index in [4.69, 9.17) is 4.42 Å². The zero-order chi connectivity index (χ0) is 37.4. The molecule has 3 nitrogen and oxygen atoms in total. The highest BCUT2D eigenvalue weighted by molar-refractivity contribution is 7.59. The van der Waals surface area contributed by atoms with E-state index < -0.39 is 0 Å². The summed E-state index contributed by atoms with van der Waals surface area (Å²) >= 11 is 0. The molecule has 274 valence electrons. The van der Waals surface area contributed by atoms with Crippen LogP contribution >= 0.6 is 13.5 Å². The second kappa shape index (κ2) is 17.7. The van der Waals surface area contributed by atoms with Crippen molar-refractivity contribution in [1.29, 1.82) is 0 Å². The van der Waals surface area contributed by atoms with Crippen LogP contribution in [0.2, 0.25) is 0 Å². The number of benzene rings is 5. The van der Waals surface area contributed by atoms with Crippen molar-refractivity contribution in [1.82, 2.24) is 9.47 Å². The van der Waals surface area contributed by atoms with Crippen LogP contribution in [0.4, 0.5) is 0 Å². The number of furan rings is 1. The molecule has 1 atom stereocenters. The molecular weight excluding hydrogens is 689 g/mol. The Kier molecular flexibility index (Phi) is 12.4. The first kappa shape index (κ1) is 38.5. The number of rotatable bonds is 7. The minimum absolute atomic E-state index is 0. The van der Waals surface area contributed by atoms with Crippen LogP contribution in [0.25, 0.3) is 68.0 Å². The maximum absolute atomic E-state index is 6.41. The summed E-state index contributed by atoms with van der Waals surface area (Å²) < 4.78 is 8.78. The molecule has 1 unspecified atom stereocenters. The molecule has 4 heteroatoms. The van der Waals surface area contributed by atoms with E-state index in [0.717, 1.165) is 72.2 Å². The maximum atomic E-state index is 6.41. The van der Waals surface area contributed by atoms with E-state index in [-0.39, 0.29) is 19.5 Å². The highest BCUT2D eigenvalue weighted by Gasteiger charge is 2.19. The fourth-order valence-electron chi connectivity index (χ4n) is 7.06. The van der Waals surface area contributed by atoms with Gasteiger partial charge in [-0.2, -0.15) is 13.5 Å². The predicted molar refractivity (Wildman–Crippen MR) is 243 cm³/mol. The minimum Gasteiger partial charge on any atom is -0.456 e. The number of aromatic nitrogens is 1. The molecule has 0 amide bonds. The van der Waals surface area contributed by atoms with Crippen LogP contribution in [0.3, 0.4) is 0 Å².